The first-order valence-corrected chi connectivity index (χ1v) is 11.7. The summed E-state index contributed by atoms with van der Waals surface area (Å²) in [6.45, 7) is 3.87. The molecule has 0 aromatic heterocycles. The Bertz CT molecular complexity index is 955. The summed E-state index contributed by atoms with van der Waals surface area (Å²) >= 11 is 0. The number of imide groups is 1. The maximum atomic E-state index is 14.0. The summed E-state index contributed by atoms with van der Waals surface area (Å²) in [7, 11) is 0. The number of urea groups is 2. The zero-order valence-corrected chi connectivity index (χ0v) is 18.8. The molecule has 33 heavy (non-hydrogen) atoms. The van der Waals surface area contributed by atoms with E-state index in [1.807, 2.05) is 0 Å². The summed E-state index contributed by atoms with van der Waals surface area (Å²) in [6.07, 6.45) is 7.67. The van der Waals surface area contributed by atoms with E-state index in [0.29, 0.717) is 12.6 Å². The topological polar surface area (TPSA) is 81.8 Å². The predicted octanol–water partition coefficient (Wildman–Crippen LogP) is 3.87. The van der Waals surface area contributed by atoms with Gasteiger partial charge in [-0.05, 0) is 30.5 Å². The molecule has 1 aromatic carbocycles. The number of carbonyl (C=O) groups excluding carboxylic acids is 3. The second-order valence-corrected chi connectivity index (χ2v) is 9.07. The summed E-state index contributed by atoms with van der Waals surface area (Å²) in [6, 6.07) is 1.22. The Kier molecular flexibility index (Phi) is 7.07. The highest BCUT2D eigenvalue weighted by Gasteiger charge is 2.40. The van der Waals surface area contributed by atoms with E-state index < -0.39 is 29.7 Å². The number of Topliss-reactive ketones (excluding diaryl/α,β-unsaturated/α-hetero) is 1. The molecule has 1 aromatic rings. The second kappa shape index (κ2) is 9.99. The fourth-order valence-corrected chi connectivity index (χ4v) is 5.00. The van der Waals surface area contributed by atoms with Crippen molar-refractivity contribution in [3.63, 3.8) is 0 Å². The SMILES string of the molecule is CCC(=O)C1=CNC(=O)N(C(=O)NCC2CN(C3CCCCC3)C2)C1c1ccc(F)c(F)c1. The lowest BCUT2D eigenvalue weighted by Gasteiger charge is -2.46. The third-order valence-corrected chi connectivity index (χ3v) is 6.86. The van der Waals surface area contributed by atoms with Crippen LogP contribution in [0.3, 0.4) is 0 Å². The Morgan fingerprint density at radius 2 is 1.85 bits per heavy atom. The third kappa shape index (κ3) is 4.93. The van der Waals surface area contributed by atoms with E-state index in [0.717, 1.165) is 30.1 Å². The normalized spacial score (nSPS) is 22.4. The van der Waals surface area contributed by atoms with Crippen molar-refractivity contribution >= 4 is 17.8 Å². The van der Waals surface area contributed by atoms with Crippen molar-refractivity contribution in [2.75, 3.05) is 19.6 Å². The Hall–Kier alpha value is -2.81. The van der Waals surface area contributed by atoms with E-state index in [1.165, 1.54) is 44.4 Å². The summed E-state index contributed by atoms with van der Waals surface area (Å²) < 4.78 is 27.5. The molecule has 3 aliphatic rings. The maximum absolute atomic E-state index is 14.0. The molecule has 2 heterocycles. The van der Waals surface area contributed by atoms with Crippen LogP contribution in [-0.2, 0) is 4.79 Å². The number of nitrogens with zero attached hydrogens (tertiary/aromatic N) is 2. The molecule has 1 unspecified atom stereocenters. The van der Waals surface area contributed by atoms with Gasteiger partial charge in [0.05, 0.1) is 6.04 Å². The molecule has 178 valence electrons. The number of benzene rings is 1. The van der Waals surface area contributed by atoms with Gasteiger partial charge in [0.25, 0.3) is 0 Å². The predicted molar refractivity (Wildman–Crippen MR) is 118 cm³/mol. The summed E-state index contributed by atoms with van der Waals surface area (Å²) in [4.78, 5) is 41.6. The van der Waals surface area contributed by atoms with Crippen molar-refractivity contribution in [1.29, 1.82) is 0 Å². The average Bonchev–Trinajstić information content (AvgIpc) is 2.79. The minimum Gasteiger partial charge on any atom is -0.337 e. The highest BCUT2D eigenvalue weighted by Crippen LogP contribution is 2.33. The monoisotopic (exact) mass is 460 g/mol. The van der Waals surface area contributed by atoms with Crippen molar-refractivity contribution in [3.8, 4) is 0 Å². The van der Waals surface area contributed by atoms with Crippen LogP contribution in [0.4, 0.5) is 18.4 Å². The molecule has 9 heteroatoms. The molecule has 2 aliphatic heterocycles. The van der Waals surface area contributed by atoms with Crippen molar-refractivity contribution < 1.29 is 23.2 Å². The highest BCUT2D eigenvalue weighted by atomic mass is 19.2. The summed E-state index contributed by atoms with van der Waals surface area (Å²) in [5.74, 6) is -2.17. The Morgan fingerprint density at radius 3 is 2.52 bits per heavy atom. The van der Waals surface area contributed by atoms with Gasteiger partial charge in [-0.1, -0.05) is 32.3 Å². The van der Waals surface area contributed by atoms with Crippen LogP contribution in [0.1, 0.15) is 57.1 Å². The van der Waals surface area contributed by atoms with Gasteiger partial charge in [0, 0.05) is 49.8 Å². The van der Waals surface area contributed by atoms with E-state index in [1.54, 1.807) is 6.92 Å². The fraction of sp³-hybridized carbons (Fsp3) is 0.542. The van der Waals surface area contributed by atoms with E-state index in [9.17, 15) is 23.2 Å². The Balaban J connectivity index is 1.46. The van der Waals surface area contributed by atoms with Gasteiger partial charge in [0.1, 0.15) is 0 Å². The maximum Gasteiger partial charge on any atom is 0.330 e. The smallest absolute Gasteiger partial charge is 0.330 e. The van der Waals surface area contributed by atoms with Gasteiger partial charge < -0.3 is 10.6 Å². The molecular formula is C24H30F2N4O3. The summed E-state index contributed by atoms with van der Waals surface area (Å²) in [5.41, 5.74) is 0.296. The van der Waals surface area contributed by atoms with Crippen molar-refractivity contribution in [3.05, 3.63) is 47.2 Å². The van der Waals surface area contributed by atoms with E-state index in [-0.39, 0.29) is 29.3 Å². The molecule has 2 fully saturated rings. The largest absolute Gasteiger partial charge is 0.337 e. The molecule has 4 rings (SSSR count). The molecule has 4 amide bonds. The molecular weight excluding hydrogens is 430 g/mol. The number of hydrogen-bond donors (Lipinski definition) is 2. The standard InChI is InChI=1S/C24H30F2N4O3/c1-2-21(31)18-12-28-24(33)30(22(18)16-8-9-19(25)20(26)10-16)23(32)27-11-15-13-29(14-15)17-6-4-3-5-7-17/h8-10,12,15,17,22H,2-7,11,13-14H2,1H3,(H,27,32)(H,28,33). The minimum atomic E-state index is -1.14. The van der Waals surface area contributed by atoms with Crippen molar-refractivity contribution in [2.24, 2.45) is 5.92 Å². The second-order valence-electron chi connectivity index (χ2n) is 9.07. The minimum absolute atomic E-state index is 0.135. The molecule has 1 saturated heterocycles. The first-order valence-electron chi connectivity index (χ1n) is 11.7. The molecule has 1 aliphatic carbocycles. The molecule has 1 saturated carbocycles. The van der Waals surface area contributed by atoms with Gasteiger partial charge in [-0.15, -0.1) is 0 Å². The van der Waals surface area contributed by atoms with Gasteiger partial charge >= 0.3 is 12.1 Å². The lowest BCUT2D eigenvalue weighted by atomic mass is 9.89. The Labute approximate surface area is 192 Å². The third-order valence-electron chi connectivity index (χ3n) is 6.86. The van der Waals surface area contributed by atoms with Gasteiger partial charge in [-0.3, -0.25) is 9.69 Å². The lowest BCUT2D eigenvalue weighted by molar-refractivity contribution is -0.115. The van der Waals surface area contributed by atoms with Crippen LogP contribution in [0, 0.1) is 17.6 Å². The van der Waals surface area contributed by atoms with E-state index in [2.05, 4.69) is 15.5 Å². The molecule has 2 N–H and O–H groups in total. The molecule has 0 spiro atoms. The van der Waals surface area contributed by atoms with Crippen LogP contribution < -0.4 is 10.6 Å². The Morgan fingerprint density at radius 1 is 1.12 bits per heavy atom. The van der Waals surface area contributed by atoms with Gasteiger partial charge in [0.2, 0.25) is 0 Å². The molecule has 7 nitrogen and oxygen atoms in total. The number of hydrogen-bond acceptors (Lipinski definition) is 4. The quantitative estimate of drug-likeness (QED) is 0.675. The number of rotatable bonds is 6. The molecule has 0 radical (unpaired) electrons. The van der Waals surface area contributed by atoms with Crippen LogP contribution >= 0.6 is 0 Å². The zero-order chi connectivity index (χ0) is 23.5. The number of ketones is 1. The van der Waals surface area contributed by atoms with Gasteiger partial charge in [-0.2, -0.15) is 0 Å². The first kappa shape index (κ1) is 23.4. The zero-order valence-electron chi connectivity index (χ0n) is 18.8. The van der Waals surface area contributed by atoms with Crippen LogP contribution in [0.15, 0.2) is 30.0 Å². The number of carbonyl (C=O) groups is 3. The van der Waals surface area contributed by atoms with E-state index >= 15 is 0 Å². The van der Waals surface area contributed by atoms with Crippen LogP contribution in [-0.4, -0.2) is 53.3 Å². The van der Waals surface area contributed by atoms with Gasteiger partial charge in [-0.25, -0.2) is 23.3 Å². The van der Waals surface area contributed by atoms with Crippen LogP contribution in [0.25, 0.3) is 0 Å². The van der Waals surface area contributed by atoms with E-state index in [4.69, 9.17) is 0 Å². The number of likely N-dealkylation sites (tertiary alicyclic amines) is 1. The summed E-state index contributed by atoms with van der Waals surface area (Å²) in [5, 5.41) is 5.24. The number of halogens is 2. The van der Waals surface area contributed by atoms with Crippen LogP contribution in [0.2, 0.25) is 0 Å². The fourth-order valence-electron chi connectivity index (χ4n) is 5.00. The first-order chi connectivity index (χ1) is 15.9. The number of nitrogens with one attached hydrogen (secondary N) is 2. The highest BCUT2D eigenvalue weighted by molar-refractivity contribution is 6.03. The van der Waals surface area contributed by atoms with Gasteiger partial charge in [0.15, 0.2) is 17.4 Å². The lowest BCUT2D eigenvalue weighted by Crippen LogP contribution is -2.58. The van der Waals surface area contributed by atoms with Crippen molar-refractivity contribution in [2.45, 2.75) is 57.5 Å². The number of amides is 4. The molecule has 0 bridgehead atoms. The van der Waals surface area contributed by atoms with Crippen molar-refractivity contribution in [1.82, 2.24) is 20.4 Å². The molecule has 1 atom stereocenters. The van der Waals surface area contributed by atoms with Crippen LogP contribution in [0.5, 0.6) is 0 Å². The average molecular weight is 461 g/mol.